The molecule has 1 atom stereocenters. The predicted molar refractivity (Wildman–Crippen MR) is 274 cm³/mol. The molecule has 0 aliphatic carbocycles. The summed E-state index contributed by atoms with van der Waals surface area (Å²) in [6.45, 7) is 15.3. The molecule has 1 unspecified atom stereocenters. The van der Waals surface area contributed by atoms with Crippen LogP contribution in [0.5, 0.6) is 0 Å². The van der Waals surface area contributed by atoms with E-state index >= 15 is 0 Å². The highest BCUT2D eigenvalue weighted by molar-refractivity contribution is 5.74. The third kappa shape index (κ3) is 32.3. The molecule has 0 radical (unpaired) electrons. The smallest absolute Gasteiger partial charge is 0.306 e. The molecular formula is C55H103N3O6. The van der Waals surface area contributed by atoms with Gasteiger partial charge in [-0.3, -0.25) is 19.2 Å². The zero-order valence-corrected chi connectivity index (χ0v) is 42.7. The first-order valence-corrected chi connectivity index (χ1v) is 27.7. The fraction of sp³-hybridized carbons (Fsp3) is 0.891. The fourth-order valence-electron chi connectivity index (χ4n) is 8.89. The van der Waals surface area contributed by atoms with Crippen molar-refractivity contribution in [3.63, 3.8) is 0 Å². The van der Waals surface area contributed by atoms with Gasteiger partial charge in [0.1, 0.15) is 23.6 Å². The van der Waals surface area contributed by atoms with Crippen LogP contribution in [0.15, 0.2) is 9.59 Å². The number of esters is 2. The van der Waals surface area contributed by atoms with Crippen LogP contribution in [-0.4, -0.2) is 61.8 Å². The number of nitrogens with one attached hydrogen (secondary N) is 2. The third-order valence-corrected chi connectivity index (χ3v) is 13.0. The minimum absolute atomic E-state index is 0.00176. The van der Waals surface area contributed by atoms with Gasteiger partial charge in [-0.25, -0.2) is 0 Å². The van der Waals surface area contributed by atoms with Crippen molar-refractivity contribution in [3.05, 3.63) is 20.4 Å². The van der Waals surface area contributed by atoms with E-state index in [2.05, 4.69) is 43.2 Å². The molecule has 0 aliphatic rings. The number of ether oxygens (including phenoxy) is 2. The van der Waals surface area contributed by atoms with Crippen LogP contribution in [0.1, 0.15) is 272 Å². The maximum Gasteiger partial charge on any atom is 0.306 e. The van der Waals surface area contributed by atoms with Crippen LogP contribution in [0, 0.1) is 0 Å². The molecule has 9 nitrogen and oxygen atoms in total. The van der Waals surface area contributed by atoms with E-state index in [0.29, 0.717) is 37.3 Å². The zero-order chi connectivity index (χ0) is 46.7. The average molecular weight is 902 g/mol. The highest BCUT2D eigenvalue weighted by Gasteiger charge is 2.20. The van der Waals surface area contributed by atoms with Crippen LogP contribution in [0.2, 0.25) is 0 Å². The number of hydrogen-bond donors (Lipinski definition) is 2. The lowest BCUT2D eigenvalue weighted by Crippen LogP contribution is -2.38. The number of unbranched alkanes of at least 4 members (excludes halogenated alkanes) is 23. The van der Waals surface area contributed by atoms with Crippen LogP contribution >= 0.6 is 0 Å². The molecule has 2 N–H and O–H groups in total. The van der Waals surface area contributed by atoms with Crippen LogP contribution in [0.25, 0.3) is 0 Å². The normalized spacial score (nSPS) is 12.1. The van der Waals surface area contributed by atoms with E-state index in [4.69, 9.17) is 9.47 Å². The van der Waals surface area contributed by atoms with Crippen molar-refractivity contribution in [3.8, 4) is 0 Å². The Morgan fingerprint density at radius 2 is 0.734 bits per heavy atom. The zero-order valence-electron chi connectivity index (χ0n) is 42.7. The molecule has 9 heteroatoms. The Bertz CT molecular complexity index is 1280. The van der Waals surface area contributed by atoms with Gasteiger partial charge in [-0.15, -0.1) is 0 Å². The van der Waals surface area contributed by atoms with Crippen molar-refractivity contribution in [1.82, 2.24) is 4.90 Å². The second-order valence-electron chi connectivity index (χ2n) is 19.2. The molecule has 0 heterocycles. The molecule has 1 rings (SSSR count). The average Bonchev–Trinajstić information content (AvgIpc) is 3.29. The van der Waals surface area contributed by atoms with Gasteiger partial charge >= 0.3 is 11.9 Å². The Morgan fingerprint density at radius 3 is 1.14 bits per heavy atom. The summed E-state index contributed by atoms with van der Waals surface area (Å²) in [4.78, 5) is 52.4. The quantitative estimate of drug-likeness (QED) is 0.0375. The van der Waals surface area contributed by atoms with Crippen LogP contribution < -0.4 is 21.5 Å². The number of rotatable bonds is 49. The van der Waals surface area contributed by atoms with Gasteiger partial charge < -0.3 is 25.0 Å². The van der Waals surface area contributed by atoms with Gasteiger partial charge in [-0.2, -0.15) is 0 Å². The highest BCUT2D eigenvalue weighted by atomic mass is 16.5. The Balaban J connectivity index is 2.48. The molecule has 0 saturated heterocycles. The van der Waals surface area contributed by atoms with Gasteiger partial charge in [0.25, 0.3) is 10.9 Å². The van der Waals surface area contributed by atoms with Gasteiger partial charge in [-0.1, -0.05) is 176 Å². The minimum Gasteiger partial charge on any atom is -0.462 e. The third-order valence-electron chi connectivity index (χ3n) is 13.0. The van der Waals surface area contributed by atoms with Crippen molar-refractivity contribution >= 4 is 23.3 Å². The number of carbonyl (C=O) groups is 2. The standard InChI is InChI=1S/C55H103N3O6/c1-6-11-14-17-22-29-38-48(37-9-4)63-50(59)41-32-25-20-27-34-45-58(47-36-44-57-53-52(56-43-10-5)54(61)55(53)62)46-35-28-21-26-33-42-51(60)64-49(39-30-23-18-15-12-7-2)40-31-24-19-16-13-8-3/h48-49,56-57H,6-47H2,1-5H3. The van der Waals surface area contributed by atoms with Crippen molar-refractivity contribution < 1.29 is 19.1 Å². The minimum atomic E-state index is -0.410. The van der Waals surface area contributed by atoms with Crippen molar-refractivity contribution in [2.75, 3.05) is 43.4 Å². The summed E-state index contributed by atoms with van der Waals surface area (Å²) in [5.74, 6) is -0.0227. The second-order valence-corrected chi connectivity index (χ2v) is 19.2. The molecule has 64 heavy (non-hydrogen) atoms. The maximum atomic E-state index is 12.9. The molecule has 0 spiro atoms. The molecule has 374 valence electrons. The fourth-order valence-corrected chi connectivity index (χ4v) is 8.89. The molecule has 0 fully saturated rings. The Morgan fingerprint density at radius 1 is 0.391 bits per heavy atom. The first-order valence-electron chi connectivity index (χ1n) is 27.7. The van der Waals surface area contributed by atoms with E-state index in [1.807, 2.05) is 6.92 Å². The Labute approximate surface area is 394 Å². The molecule has 1 aromatic carbocycles. The lowest BCUT2D eigenvalue weighted by Gasteiger charge is -2.23. The van der Waals surface area contributed by atoms with Crippen LogP contribution in [0.3, 0.4) is 0 Å². The van der Waals surface area contributed by atoms with Crippen molar-refractivity contribution in [2.24, 2.45) is 0 Å². The molecule has 0 saturated carbocycles. The first-order chi connectivity index (χ1) is 31.3. The van der Waals surface area contributed by atoms with E-state index in [-0.39, 0.29) is 24.1 Å². The summed E-state index contributed by atoms with van der Waals surface area (Å²) in [5.41, 5.74) is 0.0710. The topological polar surface area (TPSA) is 114 Å². The summed E-state index contributed by atoms with van der Waals surface area (Å²) in [6.07, 6.45) is 41.6. The summed E-state index contributed by atoms with van der Waals surface area (Å²) in [5, 5.41) is 6.35. The van der Waals surface area contributed by atoms with E-state index < -0.39 is 10.9 Å². The summed E-state index contributed by atoms with van der Waals surface area (Å²) in [6, 6.07) is 0. The number of carbonyl (C=O) groups excluding carboxylic acids is 2. The van der Waals surface area contributed by atoms with Gasteiger partial charge in [0.15, 0.2) is 0 Å². The lowest BCUT2D eigenvalue weighted by molar-refractivity contribution is -0.151. The molecule has 1 aromatic rings. The Hall–Kier alpha value is -2.42. The van der Waals surface area contributed by atoms with E-state index in [1.165, 1.54) is 96.3 Å². The largest absolute Gasteiger partial charge is 0.462 e. The molecule has 0 amide bonds. The number of nitrogens with zero attached hydrogens (tertiary/aromatic N) is 1. The van der Waals surface area contributed by atoms with Crippen LogP contribution in [0.4, 0.5) is 11.4 Å². The SMILES string of the molecule is CCCCCCCCC(CCC)OC(=O)CCCCCCCN(CCCCCCCC(=O)OC(CCCCCCCC)CCCCCCCC)CCCNc1c(NCCC)c(=O)c1=O. The molecular weight excluding hydrogens is 799 g/mol. The molecule has 0 aromatic heterocycles. The Kier molecular flexibility index (Phi) is 40.2. The predicted octanol–water partition coefficient (Wildman–Crippen LogP) is 14.8. The van der Waals surface area contributed by atoms with Gasteiger partial charge in [0, 0.05) is 25.9 Å². The van der Waals surface area contributed by atoms with Gasteiger partial charge in [0.05, 0.1) is 0 Å². The van der Waals surface area contributed by atoms with E-state index in [1.54, 1.807) is 0 Å². The summed E-state index contributed by atoms with van der Waals surface area (Å²) >= 11 is 0. The lowest BCUT2D eigenvalue weighted by atomic mass is 10.0. The highest BCUT2D eigenvalue weighted by Crippen LogP contribution is 2.20. The van der Waals surface area contributed by atoms with Gasteiger partial charge in [-0.05, 0) is 103 Å². The number of anilines is 2. The molecule has 0 bridgehead atoms. The summed E-state index contributed by atoms with van der Waals surface area (Å²) in [7, 11) is 0. The monoisotopic (exact) mass is 902 g/mol. The van der Waals surface area contributed by atoms with Gasteiger partial charge in [0.2, 0.25) is 0 Å². The summed E-state index contributed by atoms with van der Waals surface area (Å²) < 4.78 is 12.0. The second kappa shape index (κ2) is 43.2. The van der Waals surface area contributed by atoms with E-state index in [0.717, 1.165) is 148 Å². The van der Waals surface area contributed by atoms with Crippen LogP contribution in [-0.2, 0) is 19.1 Å². The molecule has 0 aliphatic heterocycles. The first kappa shape index (κ1) is 59.6. The van der Waals surface area contributed by atoms with E-state index in [9.17, 15) is 19.2 Å². The van der Waals surface area contributed by atoms with Crippen molar-refractivity contribution in [1.29, 1.82) is 0 Å². The number of hydrogen-bond acceptors (Lipinski definition) is 9. The van der Waals surface area contributed by atoms with Crippen molar-refractivity contribution in [2.45, 2.75) is 284 Å². The maximum absolute atomic E-state index is 12.9.